The summed E-state index contributed by atoms with van der Waals surface area (Å²) < 4.78 is 0. The van der Waals surface area contributed by atoms with Crippen molar-refractivity contribution in [1.82, 2.24) is 10.2 Å². The smallest absolute Gasteiger partial charge is 0.262 e. The standard InChI is InChI=1S/C13H12N2O4/c1-8(16)6-14-11(17)7-15-12(18)9-4-2-3-5-10(9)13(15)19/h2-5H,6-7H2,1H3,(H,14,17). The van der Waals surface area contributed by atoms with E-state index in [1.807, 2.05) is 0 Å². The van der Waals surface area contributed by atoms with Crippen molar-refractivity contribution in [1.29, 1.82) is 0 Å². The van der Waals surface area contributed by atoms with Crippen molar-refractivity contribution in [2.45, 2.75) is 6.92 Å². The van der Waals surface area contributed by atoms with Gasteiger partial charge in [0.25, 0.3) is 11.8 Å². The first-order valence-electron chi connectivity index (χ1n) is 5.72. The SMILES string of the molecule is CC(=O)CNC(=O)CN1C(=O)c2ccccc2C1=O. The average Bonchev–Trinajstić information content (AvgIpc) is 2.62. The minimum atomic E-state index is -0.537. The predicted molar refractivity (Wildman–Crippen MR) is 65.5 cm³/mol. The van der Waals surface area contributed by atoms with Crippen molar-refractivity contribution < 1.29 is 19.2 Å². The highest BCUT2D eigenvalue weighted by molar-refractivity contribution is 6.22. The fourth-order valence-electron chi connectivity index (χ4n) is 1.81. The number of carbonyl (C=O) groups excluding carboxylic acids is 4. The maximum atomic E-state index is 11.9. The highest BCUT2D eigenvalue weighted by atomic mass is 16.2. The van der Waals surface area contributed by atoms with E-state index in [0.29, 0.717) is 11.1 Å². The van der Waals surface area contributed by atoms with Gasteiger partial charge in [-0.05, 0) is 19.1 Å². The first-order chi connectivity index (χ1) is 9.00. The molecule has 1 heterocycles. The van der Waals surface area contributed by atoms with E-state index in [0.717, 1.165) is 4.90 Å². The Bertz CT molecular complexity index is 545. The van der Waals surface area contributed by atoms with Gasteiger partial charge in [0.15, 0.2) is 0 Å². The topological polar surface area (TPSA) is 83.6 Å². The van der Waals surface area contributed by atoms with E-state index in [-0.39, 0.29) is 18.9 Å². The molecule has 1 aromatic rings. The zero-order valence-corrected chi connectivity index (χ0v) is 10.3. The number of ketones is 1. The van der Waals surface area contributed by atoms with Gasteiger partial charge < -0.3 is 5.32 Å². The lowest BCUT2D eigenvalue weighted by atomic mass is 10.1. The van der Waals surface area contributed by atoms with E-state index < -0.39 is 17.7 Å². The highest BCUT2D eigenvalue weighted by Crippen LogP contribution is 2.21. The van der Waals surface area contributed by atoms with Crippen LogP contribution in [0.4, 0.5) is 0 Å². The molecule has 0 saturated heterocycles. The zero-order valence-electron chi connectivity index (χ0n) is 10.3. The Morgan fingerprint density at radius 2 is 1.63 bits per heavy atom. The molecule has 1 N–H and O–H groups in total. The summed E-state index contributed by atoms with van der Waals surface area (Å²) in [7, 11) is 0. The molecule has 0 aromatic heterocycles. The largest absolute Gasteiger partial charge is 0.347 e. The number of hydrogen-bond donors (Lipinski definition) is 1. The Balaban J connectivity index is 2.08. The number of hydrogen-bond acceptors (Lipinski definition) is 4. The Morgan fingerprint density at radius 3 is 2.11 bits per heavy atom. The van der Waals surface area contributed by atoms with Crippen LogP contribution in [0.5, 0.6) is 0 Å². The lowest BCUT2D eigenvalue weighted by molar-refractivity contribution is -0.124. The molecule has 98 valence electrons. The molecule has 0 spiro atoms. The summed E-state index contributed by atoms with van der Waals surface area (Å²) in [4.78, 5) is 47.0. The van der Waals surface area contributed by atoms with Crippen molar-refractivity contribution in [2.24, 2.45) is 0 Å². The summed E-state index contributed by atoms with van der Waals surface area (Å²) in [5.41, 5.74) is 0.596. The molecule has 0 bridgehead atoms. The van der Waals surface area contributed by atoms with Crippen LogP contribution in [0, 0.1) is 0 Å². The van der Waals surface area contributed by atoms with Gasteiger partial charge in [-0.1, -0.05) is 12.1 Å². The predicted octanol–water partition coefficient (Wildman–Crippen LogP) is -0.0122. The first-order valence-corrected chi connectivity index (χ1v) is 5.72. The lowest BCUT2D eigenvalue weighted by Crippen LogP contribution is -2.41. The third-order valence-corrected chi connectivity index (χ3v) is 2.71. The number of Topliss-reactive ketones (excluding diaryl/α,β-unsaturated/α-hetero) is 1. The van der Waals surface area contributed by atoms with E-state index in [4.69, 9.17) is 0 Å². The molecule has 3 amide bonds. The monoisotopic (exact) mass is 260 g/mol. The normalized spacial score (nSPS) is 13.4. The quantitative estimate of drug-likeness (QED) is 0.772. The van der Waals surface area contributed by atoms with E-state index in [1.165, 1.54) is 6.92 Å². The molecule has 19 heavy (non-hydrogen) atoms. The van der Waals surface area contributed by atoms with Crippen LogP contribution in [-0.2, 0) is 9.59 Å². The molecule has 0 unspecified atom stereocenters. The Kier molecular flexibility index (Phi) is 3.41. The molecule has 2 rings (SSSR count). The molecule has 1 aromatic carbocycles. The fraction of sp³-hybridized carbons (Fsp3) is 0.231. The summed E-state index contributed by atoms with van der Waals surface area (Å²) in [6.07, 6.45) is 0. The van der Waals surface area contributed by atoms with E-state index in [9.17, 15) is 19.2 Å². The van der Waals surface area contributed by atoms with Crippen LogP contribution in [0.15, 0.2) is 24.3 Å². The zero-order chi connectivity index (χ0) is 14.0. The van der Waals surface area contributed by atoms with E-state index >= 15 is 0 Å². The van der Waals surface area contributed by atoms with Gasteiger partial charge >= 0.3 is 0 Å². The van der Waals surface area contributed by atoms with Gasteiger partial charge in [-0.2, -0.15) is 0 Å². The second-order valence-corrected chi connectivity index (χ2v) is 4.22. The minimum absolute atomic E-state index is 0.109. The van der Waals surface area contributed by atoms with Crippen molar-refractivity contribution in [3.63, 3.8) is 0 Å². The van der Waals surface area contributed by atoms with Crippen molar-refractivity contribution in [3.05, 3.63) is 35.4 Å². The molecule has 6 heteroatoms. The number of fused-ring (bicyclic) bond motifs is 1. The summed E-state index contributed by atoms with van der Waals surface area (Å²) in [6, 6.07) is 6.40. The second-order valence-electron chi connectivity index (χ2n) is 4.22. The molecular weight excluding hydrogens is 248 g/mol. The van der Waals surface area contributed by atoms with E-state index in [2.05, 4.69) is 5.32 Å². The van der Waals surface area contributed by atoms with Crippen molar-refractivity contribution in [2.75, 3.05) is 13.1 Å². The second kappa shape index (κ2) is 5.01. The Labute approximate surface area is 109 Å². The maximum absolute atomic E-state index is 11.9. The van der Waals surface area contributed by atoms with Crippen LogP contribution >= 0.6 is 0 Å². The number of imide groups is 1. The van der Waals surface area contributed by atoms with Crippen LogP contribution in [0.1, 0.15) is 27.6 Å². The molecular formula is C13H12N2O4. The molecule has 0 saturated carbocycles. The summed E-state index contributed by atoms with van der Waals surface area (Å²) in [6.45, 7) is 0.851. The number of benzene rings is 1. The minimum Gasteiger partial charge on any atom is -0.347 e. The molecule has 0 atom stereocenters. The van der Waals surface area contributed by atoms with Gasteiger partial charge in [-0.15, -0.1) is 0 Å². The number of rotatable bonds is 4. The fourth-order valence-corrected chi connectivity index (χ4v) is 1.81. The third kappa shape index (κ3) is 2.52. The van der Waals surface area contributed by atoms with Crippen LogP contribution < -0.4 is 5.32 Å². The molecule has 6 nitrogen and oxygen atoms in total. The molecule has 1 aliphatic heterocycles. The molecule has 0 radical (unpaired) electrons. The van der Waals surface area contributed by atoms with Crippen molar-refractivity contribution >= 4 is 23.5 Å². The third-order valence-electron chi connectivity index (χ3n) is 2.71. The van der Waals surface area contributed by atoms with Crippen LogP contribution in [0.25, 0.3) is 0 Å². The van der Waals surface area contributed by atoms with Crippen molar-refractivity contribution in [3.8, 4) is 0 Å². The van der Waals surface area contributed by atoms with Crippen LogP contribution in [-0.4, -0.2) is 41.5 Å². The Hall–Kier alpha value is -2.50. The first kappa shape index (κ1) is 12.9. The summed E-state index contributed by atoms with van der Waals surface area (Å²) in [5.74, 6) is -1.71. The molecule has 0 aliphatic carbocycles. The van der Waals surface area contributed by atoms with Gasteiger partial charge in [-0.25, -0.2) is 0 Å². The number of nitrogens with one attached hydrogen (secondary N) is 1. The van der Waals surface area contributed by atoms with Gasteiger partial charge in [0.1, 0.15) is 12.3 Å². The number of carbonyl (C=O) groups is 4. The van der Waals surface area contributed by atoms with Crippen LogP contribution in [0.3, 0.4) is 0 Å². The lowest BCUT2D eigenvalue weighted by Gasteiger charge is -2.12. The maximum Gasteiger partial charge on any atom is 0.262 e. The number of nitrogens with zero attached hydrogens (tertiary/aromatic N) is 1. The average molecular weight is 260 g/mol. The van der Waals surface area contributed by atoms with Gasteiger partial charge in [0.05, 0.1) is 17.7 Å². The summed E-state index contributed by atoms with van der Waals surface area (Å²) in [5, 5.41) is 2.34. The Morgan fingerprint density at radius 1 is 1.11 bits per heavy atom. The summed E-state index contributed by atoms with van der Waals surface area (Å²) >= 11 is 0. The van der Waals surface area contributed by atoms with Gasteiger partial charge in [0.2, 0.25) is 5.91 Å². The molecule has 0 fully saturated rings. The van der Waals surface area contributed by atoms with E-state index in [1.54, 1.807) is 24.3 Å². The number of amides is 3. The van der Waals surface area contributed by atoms with Gasteiger partial charge in [0, 0.05) is 0 Å². The van der Waals surface area contributed by atoms with Gasteiger partial charge in [-0.3, -0.25) is 24.1 Å². The highest BCUT2D eigenvalue weighted by Gasteiger charge is 2.36. The van der Waals surface area contributed by atoms with Crippen LogP contribution in [0.2, 0.25) is 0 Å². The molecule has 1 aliphatic rings.